The van der Waals surface area contributed by atoms with Crippen molar-refractivity contribution in [2.24, 2.45) is 5.41 Å². The Morgan fingerprint density at radius 2 is 1.71 bits per heavy atom. The zero-order valence-corrected chi connectivity index (χ0v) is 13.4. The normalized spacial score (nSPS) is 10.9. The van der Waals surface area contributed by atoms with Crippen molar-refractivity contribution in [2.45, 2.75) is 34.6 Å². The second-order valence-corrected chi connectivity index (χ2v) is 5.76. The van der Waals surface area contributed by atoms with Gasteiger partial charge < -0.3 is 9.74 Å². The predicted octanol–water partition coefficient (Wildman–Crippen LogP) is 2.77. The lowest BCUT2D eigenvalue weighted by Gasteiger charge is -2.23. The third kappa shape index (κ3) is 4.48. The molecule has 0 radical (unpaired) electrons. The summed E-state index contributed by atoms with van der Waals surface area (Å²) in [6, 6.07) is 7.26. The van der Waals surface area contributed by atoms with Gasteiger partial charge in [-0.05, 0) is 46.8 Å². The Labute approximate surface area is 126 Å². The number of carbonyl (C=O) groups excluding carboxylic acids is 2. The first-order valence-electron chi connectivity index (χ1n) is 7.16. The maximum absolute atomic E-state index is 12.2. The quantitative estimate of drug-likeness (QED) is 0.867. The van der Waals surface area contributed by atoms with Crippen LogP contribution in [0.2, 0.25) is 0 Å². The van der Waals surface area contributed by atoms with Gasteiger partial charge in [0.25, 0.3) is 5.91 Å². The van der Waals surface area contributed by atoms with Crippen molar-refractivity contribution in [1.29, 1.82) is 0 Å². The number of anilines is 1. The van der Waals surface area contributed by atoms with Gasteiger partial charge in [-0.1, -0.05) is 12.1 Å². The number of nitrogens with one attached hydrogen (secondary N) is 1. The van der Waals surface area contributed by atoms with E-state index in [2.05, 4.69) is 10.4 Å². The predicted molar refractivity (Wildman–Crippen MR) is 83.0 cm³/mol. The van der Waals surface area contributed by atoms with E-state index in [1.807, 2.05) is 26.0 Å². The molecule has 0 bridgehead atoms. The number of para-hydroxylation sites is 1. The average Bonchev–Trinajstić information content (AvgIpc) is 2.45. The molecule has 0 aromatic heterocycles. The van der Waals surface area contributed by atoms with Gasteiger partial charge in [0.1, 0.15) is 0 Å². The number of hydroxylamine groups is 1. The van der Waals surface area contributed by atoms with Gasteiger partial charge in [-0.3, -0.25) is 4.79 Å². The first kappa shape index (κ1) is 17.0. The number of benzene rings is 1. The number of amides is 1. The van der Waals surface area contributed by atoms with E-state index in [-0.39, 0.29) is 0 Å². The molecular formula is C16H24N2O3. The minimum absolute atomic E-state index is 0.421. The second-order valence-electron chi connectivity index (χ2n) is 5.76. The summed E-state index contributed by atoms with van der Waals surface area (Å²) in [5.41, 5.74) is 2.89. The SMILES string of the molecule is CCN(CC)c1ccccc1C(=O)NOC(=O)C(C)(C)C. The summed E-state index contributed by atoms with van der Waals surface area (Å²) in [7, 11) is 0. The molecule has 5 heteroatoms. The number of rotatable bonds is 4. The van der Waals surface area contributed by atoms with Crippen molar-refractivity contribution in [3.8, 4) is 0 Å². The monoisotopic (exact) mass is 292 g/mol. The Bertz CT molecular complexity index is 502. The van der Waals surface area contributed by atoms with E-state index in [4.69, 9.17) is 4.84 Å². The molecule has 0 fully saturated rings. The van der Waals surface area contributed by atoms with Crippen LogP contribution in [-0.4, -0.2) is 25.0 Å². The molecule has 1 rings (SSSR count). The Kier molecular flexibility index (Phi) is 5.76. The third-order valence-electron chi connectivity index (χ3n) is 3.10. The number of hydrogen-bond donors (Lipinski definition) is 1. The molecular weight excluding hydrogens is 268 g/mol. The van der Waals surface area contributed by atoms with Crippen molar-refractivity contribution >= 4 is 17.6 Å². The maximum atomic E-state index is 12.2. The molecule has 0 unspecified atom stereocenters. The first-order valence-corrected chi connectivity index (χ1v) is 7.16. The summed E-state index contributed by atoms with van der Waals surface area (Å²) in [5.74, 6) is -0.897. The van der Waals surface area contributed by atoms with Crippen LogP contribution in [0.1, 0.15) is 45.0 Å². The van der Waals surface area contributed by atoms with E-state index >= 15 is 0 Å². The fourth-order valence-corrected chi connectivity index (χ4v) is 1.81. The van der Waals surface area contributed by atoms with Crippen molar-refractivity contribution in [2.75, 3.05) is 18.0 Å². The summed E-state index contributed by atoms with van der Waals surface area (Å²) in [6.07, 6.45) is 0. The minimum atomic E-state index is -0.661. The summed E-state index contributed by atoms with van der Waals surface area (Å²) in [5, 5.41) is 0. The minimum Gasteiger partial charge on any atom is -0.371 e. The van der Waals surface area contributed by atoms with Crippen molar-refractivity contribution in [3.05, 3.63) is 29.8 Å². The molecule has 116 valence electrons. The fourth-order valence-electron chi connectivity index (χ4n) is 1.81. The van der Waals surface area contributed by atoms with E-state index in [0.717, 1.165) is 18.8 Å². The molecule has 21 heavy (non-hydrogen) atoms. The molecule has 1 N–H and O–H groups in total. The van der Waals surface area contributed by atoms with Crippen LogP contribution >= 0.6 is 0 Å². The second kappa shape index (κ2) is 7.11. The van der Waals surface area contributed by atoms with Crippen LogP contribution < -0.4 is 10.4 Å². The van der Waals surface area contributed by atoms with Gasteiger partial charge in [0.15, 0.2) is 0 Å². The van der Waals surface area contributed by atoms with E-state index in [1.54, 1.807) is 32.9 Å². The van der Waals surface area contributed by atoms with Gasteiger partial charge in [0.2, 0.25) is 0 Å². The molecule has 0 atom stereocenters. The van der Waals surface area contributed by atoms with Crippen molar-refractivity contribution in [1.82, 2.24) is 5.48 Å². The van der Waals surface area contributed by atoms with Gasteiger partial charge in [-0.25, -0.2) is 4.79 Å². The molecule has 5 nitrogen and oxygen atoms in total. The highest BCUT2D eigenvalue weighted by atomic mass is 16.7. The lowest BCUT2D eigenvalue weighted by Crippen LogP contribution is -2.34. The van der Waals surface area contributed by atoms with Crippen molar-refractivity contribution in [3.63, 3.8) is 0 Å². The zero-order chi connectivity index (χ0) is 16.0. The molecule has 1 aromatic carbocycles. The van der Waals surface area contributed by atoms with Crippen LogP contribution in [0.15, 0.2) is 24.3 Å². The van der Waals surface area contributed by atoms with Crippen LogP contribution in [-0.2, 0) is 9.63 Å². The molecule has 0 heterocycles. The Balaban J connectivity index is 2.86. The summed E-state index contributed by atoms with van der Waals surface area (Å²) >= 11 is 0. The van der Waals surface area contributed by atoms with Gasteiger partial charge in [0, 0.05) is 18.8 Å². The molecule has 0 saturated heterocycles. The molecule has 0 aliphatic heterocycles. The zero-order valence-electron chi connectivity index (χ0n) is 13.4. The third-order valence-corrected chi connectivity index (χ3v) is 3.10. The van der Waals surface area contributed by atoms with Crippen LogP contribution in [0.25, 0.3) is 0 Å². The van der Waals surface area contributed by atoms with Crippen LogP contribution in [0, 0.1) is 5.41 Å². The molecule has 0 spiro atoms. The molecule has 0 aliphatic carbocycles. The molecule has 1 amide bonds. The Morgan fingerprint density at radius 3 is 2.24 bits per heavy atom. The number of hydrogen-bond acceptors (Lipinski definition) is 4. The van der Waals surface area contributed by atoms with Crippen molar-refractivity contribution < 1.29 is 14.4 Å². The topological polar surface area (TPSA) is 58.6 Å². The van der Waals surface area contributed by atoms with Gasteiger partial charge in [-0.15, -0.1) is 0 Å². The largest absolute Gasteiger partial charge is 0.371 e. The van der Waals surface area contributed by atoms with Gasteiger partial charge in [0.05, 0.1) is 11.0 Å². The van der Waals surface area contributed by atoms with E-state index in [0.29, 0.717) is 5.56 Å². The highest BCUT2D eigenvalue weighted by Gasteiger charge is 2.25. The van der Waals surface area contributed by atoms with Crippen LogP contribution in [0.3, 0.4) is 0 Å². The average molecular weight is 292 g/mol. The van der Waals surface area contributed by atoms with Crippen LogP contribution in [0.4, 0.5) is 5.69 Å². The molecule has 0 saturated carbocycles. The van der Waals surface area contributed by atoms with E-state index < -0.39 is 17.3 Å². The fraction of sp³-hybridized carbons (Fsp3) is 0.500. The molecule has 0 aliphatic rings. The van der Waals surface area contributed by atoms with Gasteiger partial charge in [-0.2, -0.15) is 5.48 Å². The lowest BCUT2D eigenvalue weighted by atomic mass is 9.98. The Hall–Kier alpha value is -2.04. The number of carbonyl (C=O) groups is 2. The highest BCUT2D eigenvalue weighted by molar-refractivity contribution is 5.99. The first-order chi connectivity index (χ1) is 9.81. The smallest absolute Gasteiger partial charge is 0.337 e. The van der Waals surface area contributed by atoms with E-state index in [9.17, 15) is 9.59 Å². The van der Waals surface area contributed by atoms with E-state index in [1.165, 1.54) is 0 Å². The van der Waals surface area contributed by atoms with Crippen LogP contribution in [0.5, 0.6) is 0 Å². The molecule has 1 aromatic rings. The highest BCUT2D eigenvalue weighted by Crippen LogP contribution is 2.20. The lowest BCUT2D eigenvalue weighted by molar-refractivity contribution is -0.158. The standard InChI is InChI=1S/C16H24N2O3/c1-6-18(7-2)13-11-9-8-10-12(13)14(19)17-21-15(20)16(3,4)5/h8-11H,6-7H2,1-5H3,(H,17,19). The van der Waals surface area contributed by atoms with Gasteiger partial charge >= 0.3 is 5.97 Å². The maximum Gasteiger partial charge on any atom is 0.337 e. The Morgan fingerprint density at radius 1 is 1.14 bits per heavy atom. The summed E-state index contributed by atoms with van der Waals surface area (Å²) < 4.78 is 0. The summed E-state index contributed by atoms with van der Waals surface area (Å²) in [4.78, 5) is 30.8. The summed E-state index contributed by atoms with van der Waals surface area (Å²) in [6.45, 7) is 10.8. The number of nitrogens with zero attached hydrogens (tertiary/aromatic N) is 1.